The Morgan fingerprint density at radius 2 is 2.10 bits per heavy atom. The molecule has 20 heavy (non-hydrogen) atoms. The number of ether oxygens (including phenoxy) is 1. The maximum atomic E-state index is 12.0. The summed E-state index contributed by atoms with van der Waals surface area (Å²) in [4.78, 5) is 12.0. The summed E-state index contributed by atoms with van der Waals surface area (Å²) in [6, 6.07) is 7.96. The van der Waals surface area contributed by atoms with Crippen LogP contribution < -0.4 is 0 Å². The summed E-state index contributed by atoms with van der Waals surface area (Å²) in [6.45, 7) is 3.93. The van der Waals surface area contributed by atoms with Gasteiger partial charge in [0, 0.05) is 0 Å². The van der Waals surface area contributed by atoms with Crippen molar-refractivity contribution in [2.75, 3.05) is 7.11 Å². The van der Waals surface area contributed by atoms with Crippen LogP contribution in [0, 0.1) is 11.8 Å². The van der Waals surface area contributed by atoms with E-state index in [0.29, 0.717) is 12.8 Å². The standard InChI is InChI=1S/C17H22O3/c1-12(2)17(19)9-8-13-6-4-5-7-14(13)10-15(11-17)16(18)20-3/h4-9,12,15,19H,10-11H2,1-3H3/b9-8-/t15-,17-/m0/s1. The lowest BCUT2D eigenvalue weighted by atomic mass is 9.77. The van der Waals surface area contributed by atoms with Crippen LogP contribution in [-0.2, 0) is 16.0 Å². The van der Waals surface area contributed by atoms with Gasteiger partial charge in [0.05, 0.1) is 18.6 Å². The van der Waals surface area contributed by atoms with Crippen LogP contribution >= 0.6 is 0 Å². The topological polar surface area (TPSA) is 46.5 Å². The lowest BCUT2D eigenvalue weighted by Gasteiger charge is -2.33. The Hall–Kier alpha value is -1.61. The zero-order valence-corrected chi connectivity index (χ0v) is 12.3. The second-order valence-corrected chi connectivity index (χ2v) is 5.81. The quantitative estimate of drug-likeness (QED) is 0.844. The molecule has 0 radical (unpaired) electrons. The van der Waals surface area contributed by atoms with Crippen LogP contribution in [0.5, 0.6) is 0 Å². The fourth-order valence-electron chi connectivity index (χ4n) is 2.68. The molecule has 1 aliphatic rings. The summed E-state index contributed by atoms with van der Waals surface area (Å²) in [6.07, 6.45) is 4.78. The Balaban J connectivity index is 2.45. The van der Waals surface area contributed by atoms with Gasteiger partial charge >= 0.3 is 5.97 Å². The zero-order chi connectivity index (χ0) is 14.8. The minimum Gasteiger partial charge on any atom is -0.469 e. The molecule has 0 saturated heterocycles. The van der Waals surface area contributed by atoms with Crippen molar-refractivity contribution in [3.63, 3.8) is 0 Å². The molecule has 108 valence electrons. The van der Waals surface area contributed by atoms with Gasteiger partial charge in [0.2, 0.25) is 0 Å². The van der Waals surface area contributed by atoms with Crippen LogP contribution in [-0.4, -0.2) is 23.8 Å². The Kier molecular flexibility index (Phi) is 4.29. The molecule has 1 aromatic rings. The number of methoxy groups -OCH3 is 1. The Labute approximate surface area is 120 Å². The SMILES string of the molecule is COC(=O)[C@H]1Cc2ccccc2/C=C\[C@@](O)(C(C)C)C1. The molecule has 2 atom stereocenters. The predicted molar refractivity (Wildman–Crippen MR) is 79.1 cm³/mol. The van der Waals surface area contributed by atoms with Crippen LogP contribution in [0.3, 0.4) is 0 Å². The number of fused-ring (bicyclic) bond motifs is 1. The molecule has 0 heterocycles. The van der Waals surface area contributed by atoms with Gasteiger partial charge in [0.15, 0.2) is 0 Å². The summed E-state index contributed by atoms with van der Waals surface area (Å²) in [5.41, 5.74) is 1.19. The van der Waals surface area contributed by atoms with Gasteiger partial charge in [-0.1, -0.05) is 50.3 Å². The molecule has 1 aliphatic carbocycles. The van der Waals surface area contributed by atoms with E-state index in [-0.39, 0.29) is 17.8 Å². The van der Waals surface area contributed by atoms with Gasteiger partial charge in [-0.2, -0.15) is 0 Å². The zero-order valence-electron chi connectivity index (χ0n) is 12.3. The lowest BCUT2D eigenvalue weighted by Crippen LogP contribution is -2.38. The van der Waals surface area contributed by atoms with E-state index in [1.54, 1.807) is 0 Å². The minimum absolute atomic E-state index is 0.0381. The first-order valence-electron chi connectivity index (χ1n) is 7.03. The molecule has 0 fully saturated rings. The smallest absolute Gasteiger partial charge is 0.309 e. The number of carbonyl (C=O) groups excluding carboxylic acids is 1. The van der Waals surface area contributed by atoms with Crippen molar-refractivity contribution >= 4 is 12.0 Å². The van der Waals surface area contributed by atoms with Crippen molar-refractivity contribution in [3.8, 4) is 0 Å². The molecule has 0 bridgehead atoms. The third kappa shape index (κ3) is 2.93. The number of hydrogen-bond acceptors (Lipinski definition) is 3. The van der Waals surface area contributed by atoms with Crippen LogP contribution in [0.4, 0.5) is 0 Å². The van der Waals surface area contributed by atoms with Gasteiger partial charge in [-0.3, -0.25) is 4.79 Å². The highest BCUT2D eigenvalue weighted by atomic mass is 16.5. The number of benzene rings is 1. The summed E-state index contributed by atoms with van der Waals surface area (Å²) < 4.78 is 4.90. The van der Waals surface area contributed by atoms with Gasteiger partial charge < -0.3 is 9.84 Å². The molecule has 3 heteroatoms. The van der Waals surface area contributed by atoms with E-state index < -0.39 is 5.60 Å². The molecule has 0 saturated carbocycles. The number of rotatable bonds is 2. The Bertz CT molecular complexity index is 519. The lowest BCUT2D eigenvalue weighted by molar-refractivity contribution is -0.147. The molecule has 0 aromatic heterocycles. The number of esters is 1. The van der Waals surface area contributed by atoms with Gasteiger partial charge in [-0.15, -0.1) is 0 Å². The van der Waals surface area contributed by atoms with E-state index in [2.05, 4.69) is 0 Å². The normalized spacial score (nSPS) is 27.4. The highest BCUT2D eigenvalue weighted by Crippen LogP contribution is 2.33. The van der Waals surface area contributed by atoms with Gasteiger partial charge in [-0.05, 0) is 29.9 Å². The average Bonchev–Trinajstić information content (AvgIpc) is 2.42. The molecule has 0 spiro atoms. The summed E-state index contributed by atoms with van der Waals surface area (Å²) in [7, 11) is 1.40. The first kappa shape index (κ1) is 14.8. The largest absolute Gasteiger partial charge is 0.469 e. The number of carbonyl (C=O) groups is 1. The molecule has 3 nitrogen and oxygen atoms in total. The van der Waals surface area contributed by atoms with E-state index in [4.69, 9.17) is 4.74 Å². The van der Waals surface area contributed by atoms with Crippen LogP contribution in [0.2, 0.25) is 0 Å². The molecular weight excluding hydrogens is 252 g/mol. The van der Waals surface area contributed by atoms with Crippen LogP contribution in [0.1, 0.15) is 31.4 Å². The van der Waals surface area contributed by atoms with Crippen LogP contribution in [0.15, 0.2) is 30.3 Å². The molecule has 0 amide bonds. The molecular formula is C17H22O3. The summed E-state index contributed by atoms with van der Waals surface area (Å²) >= 11 is 0. The number of aliphatic hydroxyl groups is 1. The maximum Gasteiger partial charge on any atom is 0.309 e. The van der Waals surface area contributed by atoms with Crippen molar-refractivity contribution < 1.29 is 14.6 Å². The van der Waals surface area contributed by atoms with E-state index in [0.717, 1.165) is 11.1 Å². The minimum atomic E-state index is -0.980. The Morgan fingerprint density at radius 3 is 2.75 bits per heavy atom. The highest BCUT2D eigenvalue weighted by molar-refractivity contribution is 5.73. The van der Waals surface area contributed by atoms with E-state index in [1.165, 1.54) is 7.11 Å². The van der Waals surface area contributed by atoms with E-state index in [1.807, 2.05) is 50.3 Å². The van der Waals surface area contributed by atoms with Crippen molar-refractivity contribution in [2.45, 2.75) is 32.3 Å². The van der Waals surface area contributed by atoms with E-state index in [9.17, 15) is 9.90 Å². The first-order valence-corrected chi connectivity index (χ1v) is 7.03. The second-order valence-electron chi connectivity index (χ2n) is 5.81. The fraction of sp³-hybridized carbons (Fsp3) is 0.471. The monoisotopic (exact) mass is 274 g/mol. The summed E-state index contributed by atoms with van der Waals surface area (Å²) in [5, 5.41) is 10.8. The van der Waals surface area contributed by atoms with Gasteiger partial charge in [0.1, 0.15) is 0 Å². The fourth-order valence-corrected chi connectivity index (χ4v) is 2.68. The van der Waals surface area contributed by atoms with Crippen molar-refractivity contribution in [2.24, 2.45) is 11.8 Å². The molecule has 1 N–H and O–H groups in total. The average molecular weight is 274 g/mol. The highest BCUT2D eigenvalue weighted by Gasteiger charge is 2.36. The second kappa shape index (κ2) is 5.80. The van der Waals surface area contributed by atoms with E-state index >= 15 is 0 Å². The first-order chi connectivity index (χ1) is 9.46. The molecule has 2 rings (SSSR count). The van der Waals surface area contributed by atoms with Crippen LogP contribution in [0.25, 0.3) is 6.08 Å². The number of hydrogen-bond donors (Lipinski definition) is 1. The third-order valence-electron chi connectivity index (χ3n) is 4.18. The summed E-state index contributed by atoms with van der Waals surface area (Å²) in [5.74, 6) is -0.538. The molecule has 0 aliphatic heterocycles. The van der Waals surface area contributed by atoms with Crippen molar-refractivity contribution in [1.82, 2.24) is 0 Å². The molecule has 0 unspecified atom stereocenters. The third-order valence-corrected chi connectivity index (χ3v) is 4.18. The van der Waals surface area contributed by atoms with Gasteiger partial charge in [0.25, 0.3) is 0 Å². The van der Waals surface area contributed by atoms with Gasteiger partial charge in [-0.25, -0.2) is 0 Å². The molecule has 1 aromatic carbocycles. The Morgan fingerprint density at radius 1 is 1.40 bits per heavy atom. The predicted octanol–water partition coefficient (Wildman–Crippen LogP) is 2.82. The van der Waals surface area contributed by atoms with Crippen molar-refractivity contribution in [1.29, 1.82) is 0 Å². The van der Waals surface area contributed by atoms with Crippen molar-refractivity contribution in [3.05, 3.63) is 41.5 Å². The maximum absolute atomic E-state index is 12.0.